The molecule has 4 heterocycles. The summed E-state index contributed by atoms with van der Waals surface area (Å²) >= 11 is 0. The van der Waals surface area contributed by atoms with E-state index in [1.54, 1.807) is 25.1 Å². The molecule has 1 aliphatic rings. The molecular formula is C22H20F5N7O2. The van der Waals surface area contributed by atoms with Gasteiger partial charge in [0.15, 0.2) is 5.82 Å². The second-order valence-electron chi connectivity index (χ2n) is 8.06. The van der Waals surface area contributed by atoms with Crippen LogP contribution in [0, 0.1) is 6.92 Å². The number of aryl methyl sites for hydroxylation is 1. The minimum absolute atomic E-state index is 0.123. The van der Waals surface area contributed by atoms with Crippen molar-refractivity contribution in [3.63, 3.8) is 0 Å². The van der Waals surface area contributed by atoms with Gasteiger partial charge in [0, 0.05) is 37.0 Å². The van der Waals surface area contributed by atoms with Crippen molar-refractivity contribution < 1.29 is 31.5 Å². The van der Waals surface area contributed by atoms with Gasteiger partial charge in [0.05, 0.1) is 23.3 Å². The average Bonchev–Trinajstić information content (AvgIpc) is 2.82. The first kappa shape index (κ1) is 25.3. The maximum Gasteiger partial charge on any atom is 0.419 e. The van der Waals surface area contributed by atoms with Crippen LogP contribution in [0.2, 0.25) is 0 Å². The molecule has 1 amide bonds. The molecule has 1 N–H and O–H groups in total. The van der Waals surface area contributed by atoms with Crippen LogP contribution in [0.5, 0.6) is 0 Å². The lowest BCUT2D eigenvalue weighted by atomic mass is 10.0. The molecule has 190 valence electrons. The molecule has 3 aromatic heterocycles. The van der Waals surface area contributed by atoms with E-state index in [0.717, 1.165) is 4.90 Å². The normalized spacial score (nSPS) is 19.7. The molecule has 9 nitrogen and oxygen atoms in total. The molecule has 0 radical (unpaired) electrons. The lowest BCUT2D eigenvalue weighted by molar-refractivity contribution is -0.298. The number of carbonyl (C=O) groups is 1. The third-order valence-electron chi connectivity index (χ3n) is 5.41. The van der Waals surface area contributed by atoms with Crippen LogP contribution in [0.3, 0.4) is 0 Å². The number of amides is 1. The smallest absolute Gasteiger partial charge is 0.352 e. The fourth-order valence-electron chi connectivity index (χ4n) is 3.69. The minimum atomic E-state index is -4.61. The number of nitrogens with one attached hydrogen (secondary N) is 1. The van der Waals surface area contributed by atoms with Crippen molar-refractivity contribution in [1.29, 1.82) is 0 Å². The summed E-state index contributed by atoms with van der Waals surface area (Å²) in [6.07, 6.45) is -5.27. The van der Waals surface area contributed by atoms with Gasteiger partial charge < -0.3 is 15.0 Å². The highest BCUT2D eigenvalue weighted by Crippen LogP contribution is 2.32. The maximum absolute atomic E-state index is 14.4. The van der Waals surface area contributed by atoms with Crippen LogP contribution in [0.1, 0.15) is 28.7 Å². The lowest BCUT2D eigenvalue weighted by Crippen LogP contribution is -2.61. The molecule has 1 fully saturated rings. The average molecular weight is 509 g/mol. The summed E-state index contributed by atoms with van der Waals surface area (Å²) in [5.41, 5.74) is -0.438. The summed E-state index contributed by atoms with van der Waals surface area (Å²) in [6, 6.07) is 3.84. The molecule has 4 rings (SSSR count). The van der Waals surface area contributed by atoms with Gasteiger partial charge in [-0.05, 0) is 32.0 Å². The van der Waals surface area contributed by atoms with Crippen LogP contribution in [-0.2, 0) is 10.9 Å². The van der Waals surface area contributed by atoms with Crippen molar-refractivity contribution >= 4 is 11.9 Å². The van der Waals surface area contributed by atoms with Gasteiger partial charge in [0.2, 0.25) is 5.95 Å². The highest BCUT2D eigenvalue weighted by molar-refractivity contribution is 5.98. The van der Waals surface area contributed by atoms with Gasteiger partial charge >= 0.3 is 12.3 Å². The summed E-state index contributed by atoms with van der Waals surface area (Å²) < 4.78 is 71.8. The number of halogens is 5. The topological polar surface area (TPSA) is 106 Å². The Morgan fingerprint density at radius 2 is 1.83 bits per heavy atom. The van der Waals surface area contributed by atoms with Crippen molar-refractivity contribution in [3.8, 4) is 11.4 Å². The Kier molecular flexibility index (Phi) is 6.80. The molecule has 1 aliphatic heterocycles. The highest BCUT2D eigenvalue weighted by atomic mass is 19.4. The monoisotopic (exact) mass is 509 g/mol. The van der Waals surface area contributed by atoms with Crippen molar-refractivity contribution in [2.24, 2.45) is 0 Å². The molecule has 14 heteroatoms. The fourth-order valence-corrected chi connectivity index (χ4v) is 3.69. The molecular weight excluding hydrogens is 489 g/mol. The van der Waals surface area contributed by atoms with Crippen molar-refractivity contribution in [3.05, 3.63) is 59.9 Å². The largest absolute Gasteiger partial charge is 0.419 e. The standard InChI is InChI=1S/C22H20F5N7O2/c1-12-4-5-15(18-28-6-3-7-29-18)17(33-12)19(35)34-11-21(23,24)36-13(2)16(34)10-32-20-30-8-14(9-31-20)22(25,26)27/h3-9,13,16H,10-11H2,1-2H3,(H,30,31,32)/t13-,16+/m0/s1. The number of carbonyl (C=O) groups excluding carboxylic acids is 1. The van der Waals surface area contributed by atoms with Crippen molar-refractivity contribution in [2.45, 2.75) is 38.3 Å². The number of pyridine rings is 1. The minimum Gasteiger partial charge on any atom is -0.352 e. The number of alkyl halides is 5. The predicted octanol–water partition coefficient (Wildman–Crippen LogP) is 3.59. The van der Waals surface area contributed by atoms with Gasteiger partial charge in [-0.2, -0.15) is 22.0 Å². The molecule has 0 bridgehead atoms. The van der Waals surface area contributed by atoms with Crippen LogP contribution in [-0.4, -0.2) is 67.1 Å². The van der Waals surface area contributed by atoms with E-state index in [9.17, 15) is 26.7 Å². The quantitative estimate of drug-likeness (QED) is 0.521. The molecule has 1 saturated heterocycles. The number of ether oxygens (including phenoxy) is 1. The zero-order valence-electron chi connectivity index (χ0n) is 19.0. The summed E-state index contributed by atoms with van der Waals surface area (Å²) in [5, 5.41) is 2.69. The number of hydrogen-bond donors (Lipinski definition) is 1. The second kappa shape index (κ2) is 9.68. The van der Waals surface area contributed by atoms with Crippen LogP contribution < -0.4 is 5.32 Å². The first-order valence-corrected chi connectivity index (χ1v) is 10.7. The Morgan fingerprint density at radius 3 is 2.47 bits per heavy atom. The highest BCUT2D eigenvalue weighted by Gasteiger charge is 2.48. The number of anilines is 1. The Balaban J connectivity index is 1.63. The van der Waals surface area contributed by atoms with Gasteiger partial charge in [-0.3, -0.25) is 4.79 Å². The molecule has 0 unspecified atom stereocenters. The number of hydrogen-bond acceptors (Lipinski definition) is 8. The third-order valence-corrected chi connectivity index (χ3v) is 5.41. The van der Waals surface area contributed by atoms with Gasteiger partial charge in [-0.15, -0.1) is 0 Å². The molecule has 36 heavy (non-hydrogen) atoms. The van der Waals surface area contributed by atoms with E-state index in [0.29, 0.717) is 18.1 Å². The Hall–Kier alpha value is -3.81. The lowest BCUT2D eigenvalue weighted by Gasteiger charge is -2.43. The van der Waals surface area contributed by atoms with Crippen LogP contribution >= 0.6 is 0 Å². The van der Waals surface area contributed by atoms with E-state index in [1.807, 2.05) is 0 Å². The molecule has 0 spiro atoms. The molecule has 2 atom stereocenters. The summed E-state index contributed by atoms with van der Waals surface area (Å²) in [4.78, 5) is 34.3. The zero-order valence-corrected chi connectivity index (χ0v) is 19.0. The van der Waals surface area contributed by atoms with Gasteiger partial charge in [0.25, 0.3) is 5.91 Å². The van der Waals surface area contributed by atoms with E-state index < -0.39 is 42.4 Å². The second-order valence-corrected chi connectivity index (χ2v) is 8.06. The molecule has 0 saturated carbocycles. The summed E-state index contributed by atoms with van der Waals surface area (Å²) in [5.74, 6) is -0.794. The predicted molar refractivity (Wildman–Crippen MR) is 116 cm³/mol. The molecule has 0 aromatic carbocycles. The number of morpholine rings is 1. The Bertz CT molecular complexity index is 1230. The first-order valence-electron chi connectivity index (χ1n) is 10.7. The van der Waals surface area contributed by atoms with Gasteiger partial charge in [0.1, 0.15) is 12.2 Å². The summed E-state index contributed by atoms with van der Waals surface area (Å²) in [7, 11) is 0. The van der Waals surface area contributed by atoms with E-state index in [1.165, 1.54) is 19.3 Å². The Morgan fingerprint density at radius 1 is 1.17 bits per heavy atom. The number of rotatable bonds is 5. The van der Waals surface area contributed by atoms with E-state index in [2.05, 4.69) is 30.2 Å². The maximum atomic E-state index is 14.4. The van der Waals surface area contributed by atoms with Crippen molar-refractivity contribution in [1.82, 2.24) is 29.8 Å². The van der Waals surface area contributed by atoms with Crippen LogP contribution in [0.15, 0.2) is 43.0 Å². The zero-order chi connectivity index (χ0) is 26.1. The Labute approximate surface area is 201 Å². The SMILES string of the molecule is Cc1ccc(-c2ncccn2)c(C(=O)N2CC(F)(F)O[C@@H](C)[C@H]2CNc2ncc(C(F)(F)F)cn2)n1. The van der Waals surface area contributed by atoms with Crippen molar-refractivity contribution in [2.75, 3.05) is 18.4 Å². The summed E-state index contributed by atoms with van der Waals surface area (Å²) in [6.45, 7) is 1.75. The number of aromatic nitrogens is 5. The van der Waals surface area contributed by atoms with Gasteiger partial charge in [-0.25, -0.2) is 24.9 Å². The van der Waals surface area contributed by atoms with E-state index in [4.69, 9.17) is 4.74 Å². The van der Waals surface area contributed by atoms with E-state index in [-0.39, 0.29) is 29.6 Å². The van der Waals surface area contributed by atoms with E-state index >= 15 is 0 Å². The third kappa shape index (κ3) is 5.53. The fraction of sp³-hybridized carbons (Fsp3) is 0.364. The van der Waals surface area contributed by atoms with Gasteiger partial charge in [-0.1, -0.05) is 0 Å². The van der Waals surface area contributed by atoms with Crippen LogP contribution in [0.25, 0.3) is 11.4 Å². The molecule has 3 aromatic rings. The molecule has 0 aliphatic carbocycles. The van der Waals surface area contributed by atoms with Crippen LogP contribution in [0.4, 0.5) is 27.9 Å². The first-order chi connectivity index (χ1) is 16.9. The number of nitrogens with zero attached hydrogens (tertiary/aromatic N) is 6.